The topological polar surface area (TPSA) is 80.0 Å². The lowest BCUT2D eigenvalue weighted by Gasteiger charge is -2.18. The number of hydrogen-bond acceptors (Lipinski definition) is 4. The summed E-state index contributed by atoms with van der Waals surface area (Å²) in [5, 5.41) is 9.40. The van der Waals surface area contributed by atoms with Crippen molar-refractivity contribution in [3.8, 4) is 0 Å². The van der Waals surface area contributed by atoms with E-state index in [0.717, 1.165) is 11.3 Å². The van der Waals surface area contributed by atoms with E-state index in [1.165, 1.54) is 5.56 Å². The van der Waals surface area contributed by atoms with Gasteiger partial charge >= 0.3 is 6.03 Å². The van der Waals surface area contributed by atoms with Crippen LogP contribution in [0.4, 0.5) is 10.6 Å². The molecule has 0 saturated heterocycles. The maximum atomic E-state index is 12.3. The number of aromatic nitrogens is 2. The van der Waals surface area contributed by atoms with Crippen molar-refractivity contribution >= 4 is 11.8 Å². The van der Waals surface area contributed by atoms with Crippen LogP contribution in [-0.2, 0) is 6.42 Å². The van der Waals surface area contributed by atoms with Crippen molar-refractivity contribution in [1.29, 1.82) is 0 Å². The first-order valence-electron chi connectivity index (χ1n) is 8.07. The van der Waals surface area contributed by atoms with Gasteiger partial charge in [0.25, 0.3) is 0 Å². The number of nitrogens with one attached hydrogen (secondary N) is 2. The number of benzene rings is 1. The summed E-state index contributed by atoms with van der Waals surface area (Å²) in [7, 11) is 0. The fraction of sp³-hybridized carbons (Fsp3) is 0.211. The van der Waals surface area contributed by atoms with E-state index in [2.05, 4.69) is 45.0 Å². The van der Waals surface area contributed by atoms with E-state index in [-0.39, 0.29) is 12.1 Å². The highest BCUT2D eigenvalue weighted by Crippen LogP contribution is 2.17. The fourth-order valence-electron chi connectivity index (χ4n) is 2.51. The van der Waals surface area contributed by atoms with Crippen molar-refractivity contribution < 1.29 is 9.32 Å². The van der Waals surface area contributed by atoms with Gasteiger partial charge < -0.3 is 9.84 Å². The second-order valence-corrected chi connectivity index (χ2v) is 5.92. The molecule has 1 aromatic carbocycles. The van der Waals surface area contributed by atoms with Crippen LogP contribution in [0.2, 0.25) is 0 Å². The molecule has 25 heavy (non-hydrogen) atoms. The summed E-state index contributed by atoms with van der Waals surface area (Å²) >= 11 is 0. The molecule has 6 heteroatoms. The predicted octanol–water partition coefficient (Wildman–Crippen LogP) is 3.79. The molecule has 0 radical (unpaired) electrons. The maximum Gasteiger partial charge on any atom is 0.321 e. The zero-order valence-electron chi connectivity index (χ0n) is 14.2. The third-order valence-electron chi connectivity index (χ3n) is 3.78. The van der Waals surface area contributed by atoms with Gasteiger partial charge in [-0.25, -0.2) is 4.79 Å². The molecule has 0 aliphatic carbocycles. The number of anilines is 1. The first kappa shape index (κ1) is 16.7. The van der Waals surface area contributed by atoms with Crippen LogP contribution in [0.15, 0.2) is 59.3 Å². The van der Waals surface area contributed by atoms with E-state index < -0.39 is 0 Å². The fourth-order valence-corrected chi connectivity index (χ4v) is 2.51. The molecule has 2 amide bonds. The van der Waals surface area contributed by atoms with E-state index in [1.807, 2.05) is 25.1 Å². The van der Waals surface area contributed by atoms with Crippen molar-refractivity contribution in [2.24, 2.45) is 0 Å². The Bertz CT molecular complexity index is 828. The molecule has 1 atom stereocenters. The minimum Gasteiger partial charge on any atom is -0.360 e. The summed E-state index contributed by atoms with van der Waals surface area (Å²) in [6.07, 6.45) is 2.36. The van der Waals surface area contributed by atoms with E-state index in [9.17, 15) is 4.79 Å². The number of amides is 2. The zero-order chi connectivity index (χ0) is 17.6. The lowest BCUT2D eigenvalue weighted by atomic mass is 10.0. The Labute approximate surface area is 146 Å². The molecule has 3 rings (SSSR count). The van der Waals surface area contributed by atoms with Crippen LogP contribution in [0.3, 0.4) is 0 Å². The number of nitrogens with zero attached hydrogens (tertiary/aromatic N) is 2. The Morgan fingerprint density at radius 3 is 2.60 bits per heavy atom. The molecule has 2 heterocycles. The highest BCUT2D eigenvalue weighted by Gasteiger charge is 2.17. The van der Waals surface area contributed by atoms with Crippen LogP contribution < -0.4 is 10.6 Å². The van der Waals surface area contributed by atoms with Crippen molar-refractivity contribution in [3.63, 3.8) is 0 Å². The summed E-state index contributed by atoms with van der Waals surface area (Å²) in [6, 6.07) is 15.0. The van der Waals surface area contributed by atoms with Gasteiger partial charge in [0, 0.05) is 12.3 Å². The van der Waals surface area contributed by atoms with Gasteiger partial charge in [0.2, 0.25) is 0 Å². The Hall–Kier alpha value is -3.15. The van der Waals surface area contributed by atoms with Gasteiger partial charge in [-0.3, -0.25) is 10.3 Å². The number of urea groups is 1. The monoisotopic (exact) mass is 336 g/mol. The smallest absolute Gasteiger partial charge is 0.321 e. The minimum absolute atomic E-state index is 0.253. The molecule has 0 fully saturated rings. The first-order chi connectivity index (χ1) is 12.1. The molecule has 0 aliphatic heterocycles. The van der Waals surface area contributed by atoms with Crippen LogP contribution in [0.1, 0.15) is 28.6 Å². The van der Waals surface area contributed by atoms with Crippen molar-refractivity contribution in [2.75, 3.05) is 5.32 Å². The van der Waals surface area contributed by atoms with Gasteiger partial charge in [0.1, 0.15) is 5.76 Å². The largest absolute Gasteiger partial charge is 0.360 e. The molecular weight excluding hydrogens is 316 g/mol. The van der Waals surface area contributed by atoms with E-state index in [4.69, 9.17) is 4.52 Å². The van der Waals surface area contributed by atoms with E-state index >= 15 is 0 Å². The second-order valence-electron chi connectivity index (χ2n) is 5.92. The van der Waals surface area contributed by atoms with Gasteiger partial charge in [-0.05, 0) is 38.0 Å². The van der Waals surface area contributed by atoms with Crippen LogP contribution in [0, 0.1) is 13.8 Å². The zero-order valence-corrected chi connectivity index (χ0v) is 14.2. The Balaban J connectivity index is 1.74. The van der Waals surface area contributed by atoms with Crippen molar-refractivity contribution in [2.45, 2.75) is 26.3 Å². The standard InChI is InChI=1S/C19H20N4O2/c1-13-6-8-15(9-7-13)12-17(16-5-3-4-10-20-16)21-19(24)22-18-11-14(2)25-23-18/h3-11,17H,12H2,1-2H3,(H2,21,22,23,24)/t17-/m1/s1. The molecule has 0 unspecified atom stereocenters. The van der Waals surface area contributed by atoms with Crippen molar-refractivity contribution in [3.05, 3.63) is 77.3 Å². The van der Waals surface area contributed by atoms with Crippen molar-refractivity contribution in [1.82, 2.24) is 15.5 Å². The van der Waals surface area contributed by atoms with Crippen LogP contribution >= 0.6 is 0 Å². The molecular formula is C19H20N4O2. The van der Waals surface area contributed by atoms with Crippen LogP contribution in [0.25, 0.3) is 0 Å². The number of pyridine rings is 1. The highest BCUT2D eigenvalue weighted by molar-refractivity contribution is 5.88. The average Bonchev–Trinajstić information content (AvgIpc) is 3.01. The number of carbonyl (C=O) groups is 1. The van der Waals surface area contributed by atoms with E-state index in [0.29, 0.717) is 18.0 Å². The van der Waals surface area contributed by atoms with Crippen LogP contribution in [0.5, 0.6) is 0 Å². The molecule has 0 aliphatic rings. The quantitative estimate of drug-likeness (QED) is 0.743. The first-order valence-corrected chi connectivity index (χ1v) is 8.07. The maximum absolute atomic E-state index is 12.3. The summed E-state index contributed by atoms with van der Waals surface area (Å²) in [4.78, 5) is 16.7. The normalized spacial score (nSPS) is 11.8. The summed E-state index contributed by atoms with van der Waals surface area (Å²) < 4.78 is 4.96. The molecule has 0 spiro atoms. The molecule has 128 valence electrons. The van der Waals surface area contributed by atoms with Crippen LogP contribution in [-0.4, -0.2) is 16.2 Å². The summed E-state index contributed by atoms with van der Waals surface area (Å²) in [5.41, 5.74) is 3.12. The lowest BCUT2D eigenvalue weighted by molar-refractivity contribution is 0.248. The highest BCUT2D eigenvalue weighted by atomic mass is 16.5. The molecule has 2 aromatic heterocycles. The number of hydrogen-bond donors (Lipinski definition) is 2. The Morgan fingerprint density at radius 1 is 1.16 bits per heavy atom. The Kier molecular flexibility index (Phi) is 5.09. The lowest BCUT2D eigenvalue weighted by Crippen LogP contribution is -2.34. The van der Waals surface area contributed by atoms with Gasteiger partial charge in [-0.2, -0.15) is 0 Å². The molecule has 2 N–H and O–H groups in total. The predicted molar refractivity (Wildman–Crippen MR) is 95.3 cm³/mol. The van der Waals surface area contributed by atoms with Gasteiger partial charge in [-0.15, -0.1) is 0 Å². The number of rotatable bonds is 5. The summed E-state index contributed by atoms with van der Waals surface area (Å²) in [5.74, 6) is 1.02. The molecule has 0 saturated carbocycles. The number of carbonyl (C=O) groups excluding carboxylic acids is 1. The van der Waals surface area contributed by atoms with E-state index in [1.54, 1.807) is 19.2 Å². The third-order valence-corrected chi connectivity index (χ3v) is 3.78. The molecule has 0 bridgehead atoms. The van der Waals surface area contributed by atoms with Gasteiger partial charge in [0.05, 0.1) is 11.7 Å². The SMILES string of the molecule is Cc1ccc(C[C@@H](NC(=O)Nc2cc(C)on2)c2ccccn2)cc1. The Morgan fingerprint density at radius 2 is 1.96 bits per heavy atom. The molecule has 3 aromatic rings. The third kappa shape index (κ3) is 4.67. The summed E-state index contributed by atoms with van der Waals surface area (Å²) in [6.45, 7) is 3.82. The second kappa shape index (κ2) is 7.61. The average molecular weight is 336 g/mol. The number of aryl methyl sites for hydroxylation is 2. The minimum atomic E-state index is -0.351. The van der Waals surface area contributed by atoms with Gasteiger partial charge in [-0.1, -0.05) is 41.1 Å². The molecule has 6 nitrogen and oxygen atoms in total. The van der Waals surface area contributed by atoms with Gasteiger partial charge in [0.15, 0.2) is 5.82 Å².